The van der Waals surface area contributed by atoms with Crippen molar-refractivity contribution >= 4 is 16.6 Å². The van der Waals surface area contributed by atoms with Gasteiger partial charge < -0.3 is 5.43 Å². The van der Waals surface area contributed by atoms with Gasteiger partial charge in [-0.15, -0.1) is 0 Å². The summed E-state index contributed by atoms with van der Waals surface area (Å²) in [6, 6.07) is 23.9. The molecule has 1 N–H and O–H groups in total. The van der Waals surface area contributed by atoms with Gasteiger partial charge in [0.1, 0.15) is 5.71 Å². The van der Waals surface area contributed by atoms with E-state index >= 15 is 0 Å². The number of fused-ring (bicyclic) bond motifs is 1. The van der Waals surface area contributed by atoms with Gasteiger partial charge in [0.2, 0.25) is 0 Å². The summed E-state index contributed by atoms with van der Waals surface area (Å²) in [5.74, 6) is 0.605. The van der Waals surface area contributed by atoms with Crippen molar-refractivity contribution in [2.24, 2.45) is 5.10 Å². The van der Waals surface area contributed by atoms with Crippen molar-refractivity contribution in [1.29, 1.82) is 0 Å². The maximum atomic E-state index is 13.5. The van der Waals surface area contributed by atoms with Crippen molar-refractivity contribution in [2.45, 2.75) is 19.8 Å². The van der Waals surface area contributed by atoms with E-state index < -0.39 is 0 Å². The molecule has 1 atom stereocenters. The summed E-state index contributed by atoms with van der Waals surface area (Å²) in [7, 11) is 0. The summed E-state index contributed by atoms with van der Waals surface area (Å²) < 4.78 is 1.69. The Labute approximate surface area is 174 Å². The molecule has 0 saturated heterocycles. The molecule has 0 spiro atoms. The fourth-order valence-electron chi connectivity index (χ4n) is 3.91. The van der Waals surface area contributed by atoms with Crippen LogP contribution in [0.2, 0.25) is 0 Å². The number of hydrogen-bond donors (Lipinski definition) is 1. The molecule has 3 aromatic carbocycles. The van der Waals surface area contributed by atoms with Crippen LogP contribution in [0.25, 0.3) is 16.6 Å². The van der Waals surface area contributed by atoms with Gasteiger partial charge in [-0.3, -0.25) is 9.36 Å². The van der Waals surface area contributed by atoms with Crippen LogP contribution < -0.4 is 11.0 Å². The molecule has 5 rings (SSSR count). The molecule has 148 valence electrons. The number of rotatable bonds is 3. The fourth-order valence-corrected chi connectivity index (χ4v) is 3.91. The minimum absolute atomic E-state index is 0.0235. The highest BCUT2D eigenvalue weighted by molar-refractivity contribution is 6.05. The van der Waals surface area contributed by atoms with E-state index in [0.29, 0.717) is 23.3 Å². The van der Waals surface area contributed by atoms with E-state index in [1.54, 1.807) is 4.57 Å². The molecule has 0 bridgehead atoms. The molecule has 5 nitrogen and oxygen atoms in total. The molecular formula is C25H22N4O. The number of hydrogen-bond acceptors (Lipinski definition) is 4. The van der Waals surface area contributed by atoms with E-state index in [-0.39, 0.29) is 11.5 Å². The van der Waals surface area contributed by atoms with Crippen molar-refractivity contribution in [3.05, 3.63) is 106 Å². The van der Waals surface area contributed by atoms with E-state index in [1.165, 1.54) is 5.56 Å². The van der Waals surface area contributed by atoms with Gasteiger partial charge in [-0.05, 0) is 43.7 Å². The topological polar surface area (TPSA) is 59.3 Å². The van der Waals surface area contributed by atoms with Crippen LogP contribution in [0.4, 0.5) is 0 Å². The van der Waals surface area contributed by atoms with Crippen LogP contribution in [0.3, 0.4) is 0 Å². The number of para-hydroxylation sites is 1. The van der Waals surface area contributed by atoms with Gasteiger partial charge in [0.05, 0.1) is 22.5 Å². The molecule has 1 aromatic heterocycles. The highest BCUT2D eigenvalue weighted by Crippen LogP contribution is 2.26. The molecule has 1 aliphatic heterocycles. The largest absolute Gasteiger partial charge is 0.309 e. The van der Waals surface area contributed by atoms with Crippen LogP contribution in [-0.4, -0.2) is 21.8 Å². The smallest absolute Gasteiger partial charge is 0.266 e. The minimum Gasteiger partial charge on any atom is -0.309 e. The van der Waals surface area contributed by atoms with Gasteiger partial charge in [0, 0.05) is 6.54 Å². The van der Waals surface area contributed by atoms with Gasteiger partial charge in [-0.2, -0.15) is 5.10 Å². The Hall–Kier alpha value is -3.73. The third-order valence-electron chi connectivity index (χ3n) is 5.60. The van der Waals surface area contributed by atoms with E-state index in [1.807, 2.05) is 55.5 Å². The molecule has 0 radical (unpaired) electrons. The molecule has 0 amide bonds. The first-order valence-electron chi connectivity index (χ1n) is 10.1. The van der Waals surface area contributed by atoms with Crippen molar-refractivity contribution < 1.29 is 0 Å². The van der Waals surface area contributed by atoms with Crippen LogP contribution in [0.5, 0.6) is 0 Å². The van der Waals surface area contributed by atoms with E-state index in [4.69, 9.17) is 4.98 Å². The Morgan fingerprint density at radius 1 is 0.900 bits per heavy atom. The van der Waals surface area contributed by atoms with Gasteiger partial charge >= 0.3 is 0 Å². The zero-order valence-corrected chi connectivity index (χ0v) is 17.0. The van der Waals surface area contributed by atoms with Crippen LogP contribution in [0.1, 0.15) is 28.4 Å². The maximum absolute atomic E-state index is 13.5. The summed E-state index contributed by atoms with van der Waals surface area (Å²) in [4.78, 5) is 18.4. The molecule has 5 heteroatoms. The highest BCUT2D eigenvalue weighted by Gasteiger charge is 2.29. The molecule has 30 heavy (non-hydrogen) atoms. The van der Waals surface area contributed by atoms with Crippen molar-refractivity contribution in [1.82, 2.24) is 15.0 Å². The number of nitrogens with one attached hydrogen (secondary N) is 1. The third kappa shape index (κ3) is 3.08. The van der Waals surface area contributed by atoms with Crippen molar-refractivity contribution in [3.63, 3.8) is 0 Å². The fraction of sp³-hybridized carbons (Fsp3) is 0.160. The Morgan fingerprint density at radius 3 is 2.30 bits per heavy atom. The lowest BCUT2D eigenvalue weighted by molar-refractivity contribution is 0.762. The summed E-state index contributed by atoms with van der Waals surface area (Å²) in [5.41, 5.74) is 8.79. The Morgan fingerprint density at radius 2 is 1.57 bits per heavy atom. The predicted molar refractivity (Wildman–Crippen MR) is 121 cm³/mol. The Balaban J connectivity index is 1.75. The summed E-state index contributed by atoms with van der Waals surface area (Å²) >= 11 is 0. The average Bonchev–Trinajstić information content (AvgIpc) is 3.25. The Kier molecular flexibility index (Phi) is 4.43. The molecule has 1 unspecified atom stereocenters. The first kappa shape index (κ1) is 18.3. The second-order valence-electron chi connectivity index (χ2n) is 7.75. The number of aryl methyl sites for hydroxylation is 2. The number of hydrazone groups is 1. The molecule has 0 fully saturated rings. The summed E-state index contributed by atoms with van der Waals surface area (Å²) in [6.07, 6.45) is 0. The van der Waals surface area contributed by atoms with E-state index in [0.717, 1.165) is 22.5 Å². The molecule has 2 heterocycles. The van der Waals surface area contributed by atoms with Gasteiger partial charge in [-0.1, -0.05) is 59.7 Å². The van der Waals surface area contributed by atoms with Crippen LogP contribution in [0, 0.1) is 13.8 Å². The van der Waals surface area contributed by atoms with Crippen molar-refractivity contribution in [3.8, 4) is 5.69 Å². The molecule has 4 aromatic rings. The maximum Gasteiger partial charge on any atom is 0.266 e. The molecule has 1 aliphatic rings. The SMILES string of the molecule is Cc1ccc(C2CNN=C2c2nc3ccccc3c(=O)n2-c2ccc(C)cc2)cc1. The zero-order valence-electron chi connectivity index (χ0n) is 17.0. The highest BCUT2D eigenvalue weighted by atomic mass is 16.1. The average molecular weight is 394 g/mol. The number of nitrogens with zero attached hydrogens (tertiary/aromatic N) is 3. The van der Waals surface area contributed by atoms with Crippen LogP contribution in [-0.2, 0) is 0 Å². The van der Waals surface area contributed by atoms with Gasteiger partial charge in [-0.25, -0.2) is 4.98 Å². The predicted octanol–water partition coefficient (Wildman–Crippen LogP) is 4.09. The van der Waals surface area contributed by atoms with E-state index in [2.05, 4.69) is 41.7 Å². The zero-order chi connectivity index (χ0) is 20.7. The molecule has 0 aliphatic carbocycles. The second kappa shape index (κ2) is 7.26. The second-order valence-corrected chi connectivity index (χ2v) is 7.75. The number of benzene rings is 3. The van der Waals surface area contributed by atoms with Crippen molar-refractivity contribution in [2.75, 3.05) is 6.54 Å². The molecule has 0 saturated carbocycles. The Bertz CT molecular complexity index is 1320. The van der Waals surface area contributed by atoms with Crippen LogP contribution >= 0.6 is 0 Å². The molecular weight excluding hydrogens is 372 g/mol. The van der Waals surface area contributed by atoms with Gasteiger partial charge in [0.15, 0.2) is 5.82 Å². The summed E-state index contributed by atoms with van der Waals surface area (Å²) in [6.45, 7) is 4.78. The first-order valence-corrected chi connectivity index (χ1v) is 10.1. The lowest BCUT2D eigenvalue weighted by Gasteiger charge is -2.17. The standard InChI is InChI=1S/C25H22N4O/c1-16-7-11-18(12-8-16)21-15-26-28-23(21)24-27-22-6-4-3-5-20(22)25(30)29(24)19-13-9-17(2)10-14-19/h3-14,21,26H,15H2,1-2H3. The quantitative estimate of drug-likeness (QED) is 0.569. The monoisotopic (exact) mass is 394 g/mol. The van der Waals surface area contributed by atoms with E-state index in [9.17, 15) is 4.79 Å². The van der Waals surface area contributed by atoms with Crippen LogP contribution in [0.15, 0.2) is 82.7 Å². The van der Waals surface area contributed by atoms with Gasteiger partial charge in [0.25, 0.3) is 5.56 Å². The minimum atomic E-state index is -0.0864. The lowest BCUT2D eigenvalue weighted by Crippen LogP contribution is -2.29. The first-order chi connectivity index (χ1) is 14.6. The number of aromatic nitrogens is 2. The third-order valence-corrected chi connectivity index (χ3v) is 5.60. The normalized spacial score (nSPS) is 15.8. The lowest BCUT2D eigenvalue weighted by atomic mass is 9.93. The summed E-state index contributed by atoms with van der Waals surface area (Å²) in [5, 5.41) is 5.18.